The minimum atomic E-state index is 0.156. The zero-order valence-corrected chi connectivity index (χ0v) is 13.5. The highest BCUT2D eigenvalue weighted by molar-refractivity contribution is 6.30. The number of rotatable bonds is 4. The minimum Gasteiger partial charge on any atom is -0.375 e. The standard InChI is InChI=1S/C17H25ClN2O/c1-2-19-16(15-6-5-14(18)12-20-15)13-7-10-21-17(11-13)8-3-4-9-17/h5-6,12-13,16,19H,2-4,7-11H2,1H3. The lowest BCUT2D eigenvalue weighted by Gasteiger charge is -2.41. The third kappa shape index (κ3) is 3.41. The fourth-order valence-corrected chi connectivity index (χ4v) is 4.13. The Kier molecular flexibility index (Phi) is 4.82. The van der Waals surface area contributed by atoms with E-state index in [-0.39, 0.29) is 5.60 Å². The number of aromatic nitrogens is 1. The third-order valence-corrected chi connectivity index (χ3v) is 5.23. The summed E-state index contributed by atoms with van der Waals surface area (Å²) in [6, 6.07) is 4.32. The average molecular weight is 309 g/mol. The van der Waals surface area contributed by atoms with Crippen molar-refractivity contribution >= 4 is 11.6 Å². The first kappa shape index (κ1) is 15.3. The molecule has 1 saturated heterocycles. The lowest BCUT2D eigenvalue weighted by Crippen LogP contribution is -2.42. The molecule has 1 aromatic rings. The molecule has 2 unspecified atom stereocenters. The van der Waals surface area contributed by atoms with E-state index in [0.717, 1.165) is 31.7 Å². The zero-order valence-electron chi connectivity index (χ0n) is 12.8. The van der Waals surface area contributed by atoms with Crippen molar-refractivity contribution < 1.29 is 4.74 Å². The Morgan fingerprint density at radius 1 is 1.43 bits per heavy atom. The van der Waals surface area contributed by atoms with Crippen molar-refractivity contribution in [3.63, 3.8) is 0 Å². The van der Waals surface area contributed by atoms with Crippen LogP contribution in [-0.4, -0.2) is 23.7 Å². The molecule has 1 aliphatic heterocycles. The fraction of sp³-hybridized carbons (Fsp3) is 0.706. The minimum absolute atomic E-state index is 0.156. The van der Waals surface area contributed by atoms with E-state index in [4.69, 9.17) is 16.3 Å². The molecule has 1 spiro atoms. The monoisotopic (exact) mass is 308 g/mol. The van der Waals surface area contributed by atoms with E-state index in [1.807, 2.05) is 6.07 Å². The second kappa shape index (κ2) is 6.64. The summed E-state index contributed by atoms with van der Waals surface area (Å²) in [4.78, 5) is 4.55. The Balaban J connectivity index is 1.78. The molecule has 21 heavy (non-hydrogen) atoms. The van der Waals surface area contributed by atoms with Gasteiger partial charge in [0.1, 0.15) is 0 Å². The van der Waals surface area contributed by atoms with Crippen LogP contribution < -0.4 is 5.32 Å². The quantitative estimate of drug-likeness (QED) is 0.908. The van der Waals surface area contributed by atoms with E-state index < -0.39 is 0 Å². The average Bonchev–Trinajstić information content (AvgIpc) is 2.94. The van der Waals surface area contributed by atoms with Gasteiger partial charge in [-0.3, -0.25) is 4.98 Å². The van der Waals surface area contributed by atoms with Crippen molar-refractivity contribution in [2.24, 2.45) is 5.92 Å². The summed E-state index contributed by atoms with van der Waals surface area (Å²) < 4.78 is 6.17. The van der Waals surface area contributed by atoms with Gasteiger partial charge in [0.05, 0.1) is 22.4 Å². The summed E-state index contributed by atoms with van der Waals surface area (Å²) in [5.74, 6) is 0.602. The number of pyridine rings is 1. The van der Waals surface area contributed by atoms with Gasteiger partial charge in [0.2, 0.25) is 0 Å². The molecule has 1 aromatic heterocycles. The van der Waals surface area contributed by atoms with Crippen molar-refractivity contribution in [2.75, 3.05) is 13.2 Å². The molecule has 3 rings (SSSR count). The zero-order chi connectivity index (χ0) is 14.7. The van der Waals surface area contributed by atoms with Crippen LogP contribution in [0.4, 0.5) is 0 Å². The van der Waals surface area contributed by atoms with Gasteiger partial charge in [-0.1, -0.05) is 31.4 Å². The van der Waals surface area contributed by atoms with Crippen LogP contribution in [0.2, 0.25) is 5.02 Å². The van der Waals surface area contributed by atoms with Crippen LogP contribution in [0, 0.1) is 5.92 Å². The summed E-state index contributed by atoms with van der Waals surface area (Å²) in [6.07, 6.45) is 9.13. The largest absolute Gasteiger partial charge is 0.375 e. The highest BCUT2D eigenvalue weighted by atomic mass is 35.5. The van der Waals surface area contributed by atoms with Gasteiger partial charge in [0, 0.05) is 12.8 Å². The first-order valence-electron chi connectivity index (χ1n) is 8.21. The van der Waals surface area contributed by atoms with E-state index >= 15 is 0 Å². The molecule has 2 atom stereocenters. The molecule has 2 aliphatic rings. The summed E-state index contributed by atoms with van der Waals surface area (Å²) in [7, 11) is 0. The molecule has 4 heteroatoms. The van der Waals surface area contributed by atoms with Crippen molar-refractivity contribution in [1.29, 1.82) is 0 Å². The number of nitrogens with zero attached hydrogens (tertiary/aromatic N) is 1. The van der Waals surface area contributed by atoms with E-state index in [0.29, 0.717) is 17.0 Å². The first-order chi connectivity index (χ1) is 10.2. The van der Waals surface area contributed by atoms with E-state index in [2.05, 4.69) is 23.3 Å². The summed E-state index contributed by atoms with van der Waals surface area (Å²) >= 11 is 5.97. The maximum atomic E-state index is 6.17. The molecule has 2 heterocycles. The molecule has 116 valence electrons. The first-order valence-corrected chi connectivity index (χ1v) is 8.59. The fourth-order valence-electron chi connectivity index (χ4n) is 4.02. The van der Waals surface area contributed by atoms with Crippen LogP contribution in [0.1, 0.15) is 57.2 Å². The molecule has 0 radical (unpaired) electrons. The lowest BCUT2D eigenvalue weighted by molar-refractivity contribution is -0.0983. The second-order valence-corrected chi connectivity index (χ2v) is 6.86. The van der Waals surface area contributed by atoms with Crippen LogP contribution >= 0.6 is 11.6 Å². The van der Waals surface area contributed by atoms with Crippen LogP contribution in [0.5, 0.6) is 0 Å². The number of halogens is 1. The molecule has 0 bridgehead atoms. The number of nitrogens with one attached hydrogen (secondary N) is 1. The van der Waals surface area contributed by atoms with Crippen molar-refractivity contribution in [2.45, 2.75) is 57.1 Å². The Hall–Kier alpha value is -0.640. The molecular formula is C17H25ClN2O. The van der Waals surface area contributed by atoms with Crippen molar-refractivity contribution in [3.05, 3.63) is 29.0 Å². The summed E-state index contributed by atoms with van der Waals surface area (Å²) in [5.41, 5.74) is 1.27. The Labute approximate surface area is 132 Å². The molecule has 0 aromatic carbocycles. The number of hydrogen-bond acceptors (Lipinski definition) is 3. The third-order valence-electron chi connectivity index (χ3n) is 5.01. The highest BCUT2D eigenvalue weighted by Gasteiger charge is 2.42. The van der Waals surface area contributed by atoms with Gasteiger partial charge in [-0.2, -0.15) is 0 Å². The Bertz CT molecular complexity index is 456. The highest BCUT2D eigenvalue weighted by Crippen LogP contribution is 2.45. The van der Waals surface area contributed by atoms with Crippen LogP contribution in [0.15, 0.2) is 18.3 Å². The molecule has 1 aliphatic carbocycles. The molecule has 2 fully saturated rings. The normalized spacial score (nSPS) is 26.1. The van der Waals surface area contributed by atoms with E-state index in [9.17, 15) is 0 Å². The van der Waals surface area contributed by atoms with Crippen molar-refractivity contribution in [3.8, 4) is 0 Å². The maximum Gasteiger partial charge on any atom is 0.0686 e. The van der Waals surface area contributed by atoms with E-state index in [1.165, 1.54) is 25.7 Å². The van der Waals surface area contributed by atoms with Crippen LogP contribution in [0.25, 0.3) is 0 Å². The van der Waals surface area contributed by atoms with Gasteiger partial charge < -0.3 is 10.1 Å². The Morgan fingerprint density at radius 2 is 2.24 bits per heavy atom. The van der Waals surface area contributed by atoms with Gasteiger partial charge >= 0.3 is 0 Å². The predicted molar refractivity (Wildman–Crippen MR) is 85.5 cm³/mol. The summed E-state index contributed by atoms with van der Waals surface area (Å²) in [5, 5.41) is 4.34. The molecule has 1 saturated carbocycles. The molecule has 0 amide bonds. The number of hydrogen-bond donors (Lipinski definition) is 1. The maximum absolute atomic E-state index is 6.17. The van der Waals surface area contributed by atoms with Gasteiger partial charge in [0.15, 0.2) is 0 Å². The second-order valence-electron chi connectivity index (χ2n) is 6.43. The SMILES string of the molecule is CCNC(c1ccc(Cl)cn1)C1CCOC2(CCCC2)C1. The van der Waals surface area contributed by atoms with Gasteiger partial charge in [-0.05, 0) is 50.3 Å². The van der Waals surface area contributed by atoms with Crippen molar-refractivity contribution in [1.82, 2.24) is 10.3 Å². The Morgan fingerprint density at radius 3 is 2.90 bits per heavy atom. The number of ether oxygens (including phenoxy) is 1. The van der Waals surface area contributed by atoms with Crippen LogP contribution in [-0.2, 0) is 4.74 Å². The topological polar surface area (TPSA) is 34.2 Å². The van der Waals surface area contributed by atoms with E-state index in [1.54, 1.807) is 6.20 Å². The molecule has 3 nitrogen and oxygen atoms in total. The predicted octanol–water partition coefficient (Wildman–Crippen LogP) is 4.13. The smallest absolute Gasteiger partial charge is 0.0686 e. The lowest BCUT2D eigenvalue weighted by atomic mass is 9.79. The van der Waals surface area contributed by atoms with Crippen LogP contribution in [0.3, 0.4) is 0 Å². The molecule has 1 N–H and O–H groups in total. The van der Waals surface area contributed by atoms with Gasteiger partial charge in [0.25, 0.3) is 0 Å². The molecular weight excluding hydrogens is 284 g/mol. The summed E-state index contributed by atoms with van der Waals surface area (Å²) in [6.45, 7) is 4.01. The van der Waals surface area contributed by atoms with Gasteiger partial charge in [-0.15, -0.1) is 0 Å². The van der Waals surface area contributed by atoms with Gasteiger partial charge in [-0.25, -0.2) is 0 Å².